The molecule has 8 heteroatoms. The SMILES string of the molecule is CCOC(=O)C1=C(CN2CCN(C(=O)CC)[C@@H](C)C2)N(C)C(=O)N[C@@H]1c1cc(C)ccc1C. The van der Waals surface area contributed by atoms with Gasteiger partial charge in [-0.25, -0.2) is 9.59 Å². The average molecular weight is 457 g/mol. The highest BCUT2D eigenvalue weighted by Gasteiger charge is 2.38. The molecule has 180 valence electrons. The van der Waals surface area contributed by atoms with Crippen molar-refractivity contribution in [1.29, 1.82) is 0 Å². The Balaban J connectivity index is 2.00. The summed E-state index contributed by atoms with van der Waals surface area (Å²) in [5.41, 5.74) is 4.05. The van der Waals surface area contributed by atoms with Crippen molar-refractivity contribution in [2.45, 2.75) is 53.1 Å². The highest BCUT2D eigenvalue weighted by atomic mass is 16.5. The number of piperazine rings is 1. The number of nitrogens with one attached hydrogen (secondary N) is 1. The van der Waals surface area contributed by atoms with Crippen molar-refractivity contribution in [3.8, 4) is 0 Å². The fourth-order valence-corrected chi connectivity index (χ4v) is 4.66. The molecule has 0 radical (unpaired) electrons. The molecule has 1 N–H and O–H groups in total. The molecule has 2 heterocycles. The summed E-state index contributed by atoms with van der Waals surface area (Å²) in [7, 11) is 1.68. The molecule has 0 aromatic heterocycles. The summed E-state index contributed by atoms with van der Waals surface area (Å²) in [6.07, 6.45) is 0.489. The van der Waals surface area contributed by atoms with Crippen molar-refractivity contribution in [2.24, 2.45) is 0 Å². The van der Waals surface area contributed by atoms with Gasteiger partial charge in [-0.3, -0.25) is 14.6 Å². The van der Waals surface area contributed by atoms with Gasteiger partial charge < -0.3 is 15.0 Å². The lowest BCUT2D eigenvalue weighted by Crippen LogP contribution is -2.56. The third-order valence-electron chi connectivity index (χ3n) is 6.53. The van der Waals surface area contributed by atoms with Gasteiger partial charge in [0.15, 0.2) is 0 Å². The Kier molecular flexibility index (Phi) is 7.79. The minimum Gasteiger partial charge on any atom is -0.463 e. The molecule has 1 aromatic rings. The molecule has 0 unspecified atom stereocenters. The van der Waals surface area contributed by atoms with Gasteiger partial charge in [-0.2, -0.15) is 0 Å². The number of urea groups is 1. The van der Waals surface area contributed by atoms with E-state index in [0.717, 1.165) is 16.7 Å². The van der Waals surface area contributed by atoms with Crippen LogP contribution in [0.25, 0.3) is 0 Å². The summed E-state index contributed by atoms with van der Waals surface area (Å²) in [5.74, 6) is -0.268. The lowest BCUT2D eigenvalue weighted by Gasteiger charge is -2.42. The second kappa shape index (κ2) is 10.4. The van der Waals surface area contributed by atoms with Crippen LogP contribution in [0.15, 0.2) is 29.5 Å². The minimum absolute atomic E-state index is 0.0652. The monoisotopic (exact) mass is 456 g/mol. The Bertz CT molecular complexity index is 958. The van der Waals surface area contributed by atoms with Gasteiger partial charge in [0.05, 0.1) is 18.2 Å². The molecule has 0 aliphatic carbocycles. The largest absolute Gasteiger partial charge is 0.463 e. The van der Waals surface area contributed by atoms with Crippen molar-refractivity contribution >= 4 is 17.9 Å². The van der Waals surface area contributed by atoms with Crippen molar-refractivity contribution < 1.29 is 19.1 Å². The molecule has 1 fully saturated rings. The molecule has 2 atom stereocenters. The van der Waals surface area contributed by atoms with Crippen LogP contribution in [-0.2, 0) is 14.3 Å². The normalized spacial score (nSPS) is 21.8. The number of hydrogen-bond acceptors (Lipinski definition) is 5. The molecule has 1 aromatic carbocycles. The van der Waals surface area contributed by atoms with Crippen LogP contribution < -0.4 is 5.32 Å². The van der Waals surface area contributed by atoms with Gasteiger partial charge in [0, 0.05) is 51.4 Å². The lowest BCUT2D eigenvalue weighted by molar-refractivity contribution is -0.139. The number of amides is 3. The van der Waals surface area contributed by atoms with Crippen molar-refractivity contribution in [3.05, 3.63) is 46.2 Å². The summed E-state index contributed by atoms with van der Waals surface area (Å²) < 4.78 is 5.44. The maximum Gasteiger partial charge on any atom is 0.338 e. The van der Waals surface area contributed by atoms with Crippen LogP contribution in [0.1, 0.15) is 49.9 Å². The van der Waals surface area contributed by atoms with E-state index in [2.05, 4.69) is 10.2 Å². The molecule has 33 heavy (non-hydrogen) atoms. The Labute approximate surface area is 196 Å². The Morgan fingerprint density at radius 3 is 2.55 bits per heavy atom. The van der Waals surface area contributed by atoms with Crippen LogP contribution in [0.3, 0.4) is 0 Å². The van der Waals surface area contributed by atoms with E-state index in [9.17, 15) is 14.4 Å². The standard InChI is InChI=1S/C25H36N4O4/c1-7-21(30)29-12-11-28(14-18(29)5)15-20-22(24(31)33-8-2)23(26-25(32)27(20)6)19-13-16(3)9-10-17(19)4/h9-10,13,18,23H,7-8,11-12,14-15H2,1-6H3,(H,26,32)/t18-,23+/m0/s1. The molecular formula is C25H36N4O4. The number of hydrogen-bond donors (Lipinski definition) is 1. The van der Waals surface area contributed by atoms with Gasteiger partial charge >= 0.3 is 12.0 Å². The number of rotatable bonds is 6. The van der Waals surface area contributed by atoms with E-state index in [1.54, 1.807) is 14.0 Å². The Hall–Kier alpha value is -2.87. The van der Waals surface area contributed by atoms with E-state index < -0.39 is 12.0 Å². The number of ether oxygens (including phenoxy) is 1. The molecule has 3 rings (SSSR count). The summed E-state index contributed by atoms with van der Waals surface area (Å²) >= 11 is 0. The molecule has 0 spiro atoms. The molecule has 2 aliphatic rings. The second-order valence-electron chi connectivity index (χ2n) is 8.91. The number of esters is 1. The van der Waals surface area contributed by atoms with Crippen LogP contribution >= 0.6 is 0 Å². The molecule has 8 nitrogen and oxygen atoms in total. The number of nitrogens with zero attached hydrogens (tertiary/aromatic N) is 3. The number of carbonyl (C=O) groups excluding carboxylic acids is 3. The van der Waals surface area contributed by atoms with Crippen LogP contribution in [0.5, 0.6) is 0 Å². The third kappa shape index (κ3) is 5.21. The van der Waals surface area contributed by atoms with E-state index in [-0.39, 0.29) is 24.6 Å². The second-order valence-corrected chi connectivity index (χ2v) is 8.91. The molecule has 2 aliphatic heterocycles. The molecule has 3 amide bonds. The van der Waals surface area contributed by atoms with E-state index in [0.29, 0.717) is 43.9 Å². The van der Waals surface area contributed by atoms with E-state index in [1.165, 1.54) is 4.90 Å². The Morgan fingerprint density at radius 2 is 1.91 bits per heavy atom. The van der Waals surface area contributed by atoms with Crippen molar-refractivity contribution in [1.82, 2.24) is 20.0 Å². The zero-order valence-electron chi connectivity index (χ0n) is 20.6. The first-order valence-electron chi connectivity index (χ1n) is 11.7. The average Bonchev–Trinajstić information content (AvgIpc) is 2.78. The number of benzene rings is 1. The maximum atomic E-state index is 13.2. The number of aryl methyl sites for hydroxylation is 2. The third-order valence-corrected chi connectivity index (χ3v) is 6.53. The predicted octanol–water partition coefficient (Wildman–Crippen LogP) is 2.76. The van der Waals surface area contributed by atoms with Gasteiger partial charge in [0.1, 0.15) is 0 Å². The number of carbonyl (C=O) groups is 3. The predicted molar refractivity (Wildman–Crippen MR) is 127 cm³/mol. The lowest BCUT2D eigenvalue weighted by atomic mass is 9.90. The van der Waals surface area contributed by atoms with Crippen LogP contribution in [0.2, 0.25) is 0 Å². The van der Waals surface area contributed by atoms with Gasteiger partial charge in [0.25, 0.3) is 0 Å². The first-order chi connectivity index (χ1) is 15.7. The van der Waals surface area contributed by atoms with E-state index >= 15 is 0 Å². The molecular weight excluding hydrogens is 420 g/mol. The molecule has 0 bridgehead atoms. The smallest absolute Gasteiger partial charge is 0.338 e. The van der Waals surface area contributed by atoms with Gasteiger partial charge in [0.2, 0.25) is 5.91 Å². The van der Waals surface area contributed by atoms with Crippen molar-refractivity contribution in [2.75, 3.05) is 39.8 Å². The van der Waals surface area contributed by atoms with Gasteiger partial charge in [-0.15, -0.1) is 0 Å². The minimum atomic E-state index is -0.581. The number of likely N-dealkylation sites (N-methyl/N-ethyl adjacent to an activating group) is 1. The summed E-state index contributed by atoms with van der Waals surface area (Å²) in [5, 5.41) is 3.00. The van der Waals surface area contributed by atoms with Crippen LogP contribution in [0.4, 0.5) is 4.79 Å². The van der Waals surface area contributed by atoms with Gasteiger partial charge in [-0.1, -0.05) is 30.7 Å². The molecule has 0 saturated carbocycles. The zero-order valence-corrected chi connectivity index (χ0v) is 20.6. The van der Waals surface area contributed by atoms with E-state index in [1.807, 2.05) is 50.8 Å². The Morgan fingerprint density at radius 1 is 1.18 bits per heavy atom. The highest BCUT2D eigenvalue weighted by molar-refractivity contribution is 5.95. The summed E-state index contributed by atoms with van der Waals surface area (Å²) in [6.45, 7) is 12.3. The van der Waals surface area contributed by atoms with Crippen LogP contribution in [-0.4, -0.2) is 78.5 Å². The fraction of sp³-hybridized carbons (Fsp3) is 0.560. The summed E-state index contributed by atoms with van der Waals surface area (Å²) in [6, 6.07) is 5.27. The fourth-order valence-electron chi connectivity index (χ4n) is 4.66. The topological polar surface area (TPSA) is 82.2 Å². The molecule has 1 saturated heterocycles. The maximum absolute atomic E-state index is 13.2. The van der Waals surface area contributed by atoms with Crippen molar-refractivity contribution in [3.63, 3.8) is 0 Å². The zero-order chi connectivity index (χ0) is 24.3. The first-order valence-corrected chi connectivity index (χ1v) is 11.7. The summed E-state index contributed by atoms with van der Waals surface area (Å²) in [4.78, 5) is 44.0. The first kappa shape index (κ1) is 24.8. The highest BCUT2D eigenvalue weighted by Crippen LogP contribution is 2.33. The quantitative estimate of drug-likeness (QED) is 0.666. The van der Waals surface area contributed by atoms with Crippen LogP contribution in [0, 0.1) is 13.8 Å². The van der Waals surface area contributed by atoms with Gasteiger partial charge in [-0.05, 0) is 38.8 Å². The van der Waals surface area contributed by atoms with E-state index in [4.69, 9.17) is 4.74 Å².